The maximum atomic E-state index is 12.8. The first kappa shape index (κ1) is 14.5. The first-order valence-electron chi connectivity index (χ1n) is 7.13. The van der Waals surface area contributed by atoms with Gasteiger partial charge < -0.3 is 4.74 Å². The molecule has 0 radical (unpaired) electrons. The summed E-state index contributed by atoms with van der Waals surface area (Å²) in [5.41, 5.74) is 1.02. The number of hydrogen-bond acceptors (Lipinski definition) is 4. The van der Waals surface area contributed by atoms with E-state index in [1.165, 1.54) is 7.11 Å². The highest BCUT2D eigenvalue weighted by Gasteiger charge is 2.54. The first-order valence-corrected chi connectivity index (χ1v) is 8.57. The Morgan fingerprint density at radius 1 is 1.24 bits per heavy atom. The molecule has 0 unspecified atom stereocenters. The number of hydrogen-bond donors (Lipinski definition) is 0. The standard InChI is InChI=1S/C15H19NO4S/c1-10-3-6-12(7-4-10)21(18,19)16-11-5-8-14(16)13(9-11)15(17)20-2/h3-4,6-7,11,13-14H,5,8-9H2,1-2H3/t11-,13-,14+/m0/s1. The van der Waals surface area contributed by atoms with Gasteiger partial charge in [0.25, 0.3) is 0 Å². The largest absolute Gasteiger partial charge is 0.469 e. The summed E-state index contributed by atoms with van der Waals surface area (Å²) in [6.45, 7) is 1.92. The van der Waals surface area contributed by atoms with Gasteiger partial charge in [-0.05, 0) is 38.3 Å². The summed E-state index contributed by atoms with van der Waals surface area (Å²) in [5.74, 6) is -0.625. The quantitative estimate of drug-likeness (QED) is 0.797. The number of sulfonamides is 1. The number of esters is 1. The van der Waals surface area contributed by atoms with Crippen molar-refractivity contribution >= 4 is 16.0 Å². The lowest BCUT2D eigenvalue weighted by molar-refractivity contribution is -0.146. The molecular formula is C15H19NO4S. The molecule has 0 aliphatic carbocycles. The van der Waals surface area contributed by atoms with Crippen molar-refractivity contribution in [3.63, 3.8) is 0 Å². The Balaban J connectivity index is 1.93. The monoisotopic (exact) mass is 309 g/mol. The van der Waals surface area contributed by atoms with Crippen molar-refractivity contribution in [3.8, 4) is 0 Å². The fourth-order valence-corrected chi connectivity index (χ4v) is 5.47. The van der Waals surface area contributed by atoms with Gasteiger partial charge in [0.1, 0.15) is 0 Å². The van der Waals surface area contributed by atoms with E-state index in [0.717, 1.165) is 18.4 Å². The number of aryl methyl sites for hydroxylation is 1. The molecule has 1 aromatic rings. The van der Waals surface area contributed by atoms with Gasteiger partial charge in [0, 0.05) is 12.1 Å². The number of methoxy groups -OCH3 is 1. The second-order valence-electron chi connectivity index (χ2n) is 5.81. The summed E-state index contributed by atoms with van der Waals surface area (Å²) in [7, 11) is -2.19. The third kappa shape index (κ3) is 2.26. The lowest BCUT2D eigenvalue weighted by Gasteiger charge is -2.23. The van der Waals surface area contributed by atoms with Gasteiger partial charge in [0.15, 0.2) is 0 Å². The Morgan fingerprint density at radius 3 is 2.52 bits per heavy atom. The van der Waals surface area contributed by atoms with E-state index >= 15 is 0 Å². The molecule has 0 spiro atoms. The van der Waals surface area contributed by atoms with Crippen LogP contribution >= 0.6 is 0 Å². The molecule has 2 bridgehead atoms. The smallest absolute Gasteiger partial charge is 0.310 e. The second-order valence-corrected chi connectivity index (χ2v) is 7.66. The van der Waals surface area contributed by atoms with Gasteiger partial charge in [0.2, 0.25) is 10.0 Å². The van der Waals surface area contributed by atoms with Crippen LogP contribution in [0.25, 0.3) is 0 Å². The van der Waals surface area contributed by atoms with Crippen LogP contribution in [0.3, 0.4) is 0 Å². The molecule has 2 saturated heterocycles. The van der Waals surface area contributed by atoms with Gasteiger partial charge in [-0.2, -0.15) is 4.31 Å². The van der Waals surface area contributed by atoms with Crippen molar-refractivity contribution in [1.82, 2.24) is 4.31 Å². The summed E-state index contributed by atoms with van der Waals surface area (Å²) >= 11 is 0. The third-order valence-corrected chi connectivity index (χ3v) is 6.57. The summed E-state index contributed by atoms with van der Waals surface area (Å²) in [6.07, 6.45) is 2.13. The molecule has 3 atom stereocenters. The number of benzene rings is 1. The summed E-state index contributed by atoms with van der Waals surface area (Å²) in [5, 5.41) is 0. The molecule has 0 amide bonds. The van der Waals surface area contributed by atoms with Gasteiger partial charge >= 0.3 is 5.97 Å². The van der Waals surface area contributed by atoms with Crippen LogP contribution < -0.4 is 0 Å². The molecule has 6 heteroatoms. The van der Waals surface area contributed by atoms with Gasteiger partial charge in [-0.15, -0.1) is 0 Å². The molecule has 2 fully saturated rings. The van der Waals surface area contributed by atoms with E-state index in [2.05, 4.69) is 0 Å². The number of carbonyl (C=O) groups is 1. The predicted molar refractivity (Wildman–Crippen MR) is 77.1 cm³/mol. The van der Waals surface area contributed by atoms with Crippen LogP contribution in [-0.2, 0) is 19.6 Å². The summed E-state index contributed by atoms with van der Waals surface area (Å²) < 4.78 is 32.0. The van der Waals surface area contributed by atoms with Crippen LogP contribution in [0.4, 0.5) is 0 Å². The number of fused-ring (bicyclic) bond motifs is 2. The molecule has 21 heavy (non-hydrogen) atoms. The maximum Gasteiger partial charge on any atom is 0.310 e. The Hall–Kier alpha value is -1.40. The molecule has 0 saturated carbocycles. The topological polar surface area (TPSA) is 63.7 Å². The van der Waals surface area contributed by atoms with Crippen LogP contribution in [0.5, 0.6) is 0 Å². The molecule has 0 N–H and O–H groups in total. The summed E-state index contributed by atoms with van der Waals surface area (Å²) in [6, 6.07) is 6.52. The maximum absolute atomic E-state index is 12.8. The number of ether oxygens (including phenoxy) is 1. The first-order chi connectivity index (χ1) is 9.95. The fourth-order valence-electron chi connectivity index (χ4n) is 3.55. The van der Waals surface area contributed by atoms with E-state index in [4.69, 9.17) is 4.74 Å². The molecule has 2 aliphatic heterocycles. The van der Waals surface area contributed by atoms with E-state index in [-0.39, 0.29) is 24.0 Å². The Kier molecular flexibility index (Phi) is 3.53. The van der Waals surface area contributed by atoms with Crippen molar-refractivity contribution in [1.29, 1.82) is 0 Å². The lowest BCUT2D eigenvalue weighted by atomic mass is 9.89. The molecule has 5 nitrogen and oxygen atoms in total. The lowest BCUT2D eigenvalue weighted by Crippen LogP contribution is -2.38. The second kappa shape index (κ2) is 5.10. The van der Waals surface area contributed by atoms with E-state index in [1.54, 1.807) is 28.6 Å². The molecular weight excluding hydrogens is 290 g/mol. The van der Waals surface area contributed by atoms with Crippen LogP contribution in [0, 0.1) is 12.8 Å². The SMILES string of the molecule is COC(=O)[C@H]1C[C@@H]2CC[C@H]1N2S(=O)(=O)c1ccc(C)cc1. The van der Waals surface area contributed by atoms with E-state index in [1.807, 2.05) is 6.92 Å². The minimum atomic E-state index is -3.54. The third-order valence-electron chi connectivity index (χ3n) is 4.57. The predicted octanol–water partition coefficient (Wildman–Crippen LogP) is 1.71. The van der Waals surface area contributed by atoms with Crippen LogP contribution in [0.2, 0.25) is 0 Å². The fraction of sp³-hybridized carbons (Fsp3) is 0.533. The van der Waals surface area contributed by atoms with Gasteiger partial charge in [-0.25, -0.2) is 8.42 Å². The highest BCUT2D eigenvalue weighted by molar-refractivity contribution is 7.89. The van der Waals surface area contributed by atoms with Gasteiger partial charge in [-0.1, -0.05) is 17.7 Å². The Labute approximate surface area is 124 Å². The Bertz CT molecular complexity index is 653. The van der Waals surface area contributed by atoms with E-state index in [9.17, 15) is 13.2 Å². The number of nitrogens with zero attached hydrogens (tertiary/aromatic N) is 1. The normalized spacial score (nSPS) is 28.8. The molecule has 0 aromatic heterocycles. The molecule has 1 aromatic carbocycles. The Morgan fingerprint density at radius 2 is 1.90 bits per heavy atom. The minimum Gasteiger partial charge on any atom is -0.469 e. The highest BCUT2D eigenvalue weighted by atomic mass is 32.2. The molecule has 3 rings (SSSR count). The van der Waals surface area contributed by atoms with Crippen molar-refractivity contribution in [3.05, 3.63) is 29.8 Å². The van der Waals surface area contributed by atoms with Crippen LogP contribution in [0.15, 0.2) is 29.2 Å². The molecule has 114 valence electrons. The molecule has 2 heterocycles. The molecule has 2 aliphatic rings. The van der Waals surface area contributed by atoms with Crippen molar-refractivity contribution in [2.24, 2.45) is 5.92 Å². The zero-order chi connectivity index (χ0) is 15.2. The van der Waals surface area contributed by atoms with Crippen molar-refractivity contribution in [2.75, 3.05) is 7.11 Å². The van der Waals surface area contributed by atoms with Gasteiger partial charge in [-0.3, -0.25) is 4.79 Å². The average Bonchev–Trinajstić information content (AvgIpc) is 3.05. The zero-order valence-electron chi connectivity index (χ0n) is 12.2. The van der Waals surface area contributed by atoms with Crippen molar-refractivity contribution < 1.29 is 17.9 Å². The number of rotatable bonds is 3. The highest BCUT2D eigenvalue weighted by Crippen LogP contribution is 2.45. The number of carbonyl (C=O) groups excluding carboxylic acids is 1. The summed E-state index contributed by atoms with van der Waals surface area (Å²) in [4.78, 5) is 12.1. The zero-order valence-corrected chi connectivity index (χ0v) is 13.0. The van der Waals surface area contributed by atoms with E-state index < -0.39 is 10.0 Å². The van der Waals surface area contributed by atoms with Gasteiger partial charge in [0.05, 0.1) is 17.9 Å². The van der Waals surface area contributed by atoms with Crippen LogP contribution in [0.1, 0.15) is 24.8 Å². The van der Waals surface area contributed by atoms with E-state index in [0.29, 0.717) is 11.3 Å². The average molecular weight is 309 g/mol. The van der Waals surface area contributed by atoms with Crippen molar-refractivity contribution in [2.45, 2.75) is 43.2 Å². The van der Waals surface area contributed by atoms with Crippen LogP contribution in [-0.4, -0.2) is 37.9 Å². The minimum absolute atomic E-state index is 0.0783.